The van der Waals surface area contributed by atoms with Crippen molar-refractivity contribution in [3.63, 3.8) is 0 Å². The van der Waals surface area contributed by atoms with Crippen molar-refractivity contribution in [3.05, 3.63) is 53.2 Å². The summed E-state index contributed by atoms with van der Waals surface area (Å²) in [6.45, 7) is 7.77. The highest BCUT2D eigenvalue weighted by molar-refractivity contribution is 6.31. The fourth-order valence-electron chi connectivity index (χ4n) is 4.33. The lowest BCUT2D eigenvalue weighted by Crippen LogP contribution is -2.25. The molecule has 0 saturated heterocycles. The molecule has 1 aliphatic carbocycles. The van der Waals surface area contributed by atoms with Crippen molar-refractivity contribution in [2.75, 3.05) is 31.6 Å². The molecule has 1 amide bonds. The maximum atomic E-state index is 12.3. The van der Waals surface area contributed by atoms with Crippen molar-refractivity contribution in [2.45, 2.75) is 46.0 Å². The van der Waals surface area contributed by atoms with Gasteiger partial charge in [-0.15, -0.1) is 0 Å². The number of carbonyl (C=O) groups is 2. The molecule has 1 N–H and O–H groups in total. The van der Waals surface area contributed by atoms with Crippen molar-refractivity contribution < 1.29 is 19.1 Å². The van der Waals surface area contributed by atoms with Gasteiger partial charge in [0, 0.05) is 42.1 Å². The molecule has 1 saturated carbocycles. The number of aromatic nitrogens is 1. The Labute approximate surface area is 223 Å². The molecule has 1 heterocycles. The van der Waals surface area contributed by atoms with E-state index in [9.17, 15) is 9.59 Å². The number of benzene rings is 2. The number of ether oxygens (including phenoxy) is 2. The van der Waals surface area contributed by atoms with Crippen molar-refractivity contribution in [2.24, 2.45) is 5.92 Å². The first kappa shape index (κ1) is 26.9. The average molecular weight is 524 g/mol. The maximum Gasteiger partial charge on any atom is 0.211 e. The third-order valence-electron chi connectivity index (χ3n) is 6.64. The SMILES string of the molecule is CCN(CC)CCCOc1cc2nccc(Oc3ccc(CC(=O)CC4CC4)c(Cl)c3)c2cc1NC=O. The molecule has 1 aliphatic rings. The average Bonchev–Trinajstić information content (AvgIpc) is 3.70. The van der Waals surface area contributed by atoms with Gasteiger partial charge in [0.25, 0.3) is 0 Å². The Balaban J connectivity index is 1.49. The summed E-state index contributed by atoms with van der Waals surface area (Å²) in [7, 11) is 0. The van der Waals surface area contributed by atoms with E-state index in [4.69, 9.17) is 21.1 Å². The summed E-state index contributed by atoms with van der Waals surface area (Å²) in [5.74, 6) is 2.47. The first-order valence-electron chi connectivity index (χ1n) is 13.0. The molecular weight excluding hydrogens is 490 g/mol. The number of nitrogens with one attached hydrogen (secondary N) is 1. The van der Waals surface area contributed by atoms with Crippen LogP contribution >= 0.6 is 11.6 Å². The van der Waals surface area contributed by atoms with Gasteiger partial charge >= 0.3 is 0 Å². The number of carbonyl (C=O) groups excluding carboxylic acids is 2. The minimum Gasteiger partial charge on any atom is -0.491 e. The van der Waals surface area contributed by atoms with E-state index in [1.807, 2.05) is 18.2 Å². The van der Waals surface area contributed by atoms with Crippen LogP contribution < -0.4 is 14.8 Å². The number of rotatable bonds is 15. The van der Waals surface area contributed by atoms with Crippen molar-refractivity contribution >= 4 is 40.4 Å². The zero-order valence-corrected chi connectivity index (χ0v) is 22.2. The molecule has 0 spiro atoms. The molecule has 0 radical (unpaired) electrons. The highest BCUT2D eigenvalue weighted by atomic mass is 35.5. The number of Topliss-reactive ketones (excluding diaryl/α,β-unsaturated/α-hetero) is 1. The minimum atomic E-state index is 0.222. The molecule has 7 nitrogen and oxygen atoms in total. The Morgan fingerprint density at radius 1 is 1.16 bits per heavy atom. The molecule has 0 atom stereocenters. The number of pyridine rings is 1. The molecule has 1 fully saturated rings. The summed E-state index contributed by atoms with van der Waals surface area (Å²) in [5.41, 5.74) is 2.03. The fraction of sp³-hybridized carbons (Fsp3) is 0.414. The van der Waals surface area contributed by atoms with Crippen LogP contribution in [0.3, 0.4) is 0 Å². The summed E-state index contributed by atoms with van der Waals surface area (Å²) in [5, 5.41) is 3.96. The molecule has 0 bridgehead atoms. The van der Waals surface area contributed by atoms with Crippen LogP contribution in [0.15, 0.2) is 42.6 Å². The van der Waals surface area contributed by atoms with Crippen LogP contribution in [0.4, 0.5) is 5.69 Å². The van der Waals surface area contributed by atoms with Crippen LogP contribution in [-0.4, -0.2) is 48.3 Å². The monoisotopic (exact) mass is 523 g/mol. The molecule has 8 heteroatoms. The Kier molecular flexibility index (Phi) is 9.36. The molecule has 3 aromatic rings. The van der Waals surface area contributed by atoms with E-state index in [2.05, 4.69) is 29.0 Å². The second-order valence-corrected chi connectivity index (χ2v) is 9.79. The predicted molar refractivity (Wildman–Crippen MR) is 147 cm³/mol. The fourth-order valence-corrected chi connectivity index (χ4v) is 4.57. The molecule has 37 heavy (non-hydrogen) atoms. The van der Waals surface area contributed by atoms with Gasteiger partial charge in [0.1, 0.15) is 23.0 Å². The zero-order chi connectivity index (χ0) is 26.2. The second-order valence-electron chi connectivity index (χ2n) is 9.38. The lowest BCUT2D eigenvalue weighted by molar-refractivity contribution is -0.118. The summed E-state index contributed by atoms with van der Waals surface area (Å²) in [4.78, 5) is 30.3. The second kappa shape index (κ2) is 12.9. The first-order chi connectivity index (χ1) is 18.0. The van der Waals surface area contributed by atoms with Gasteiger partial charge < -0.3 is 19.7 Å². The predicted octanol–water partition coefficient (Wildman–Crippen LogP) is 6.27. The third kappa shape index (κ3) is 7.43. The molecule has 0 aliphatic heterocycles. The number of hydrogen-bond acceptors (Lipinski definition) is 6. The number of halogens is 1. The lowest BCUT2D eigenvalue weighted by Gasteiger charge is -2.18. The summed E-state index contributed by atoms with van der Waals surface area (Å²) < 4.78 is 12.2. The Hall–Kier alpha value is -3.16. The van der Waals surface area contributed by atoms with E-state index in [1.165, 1.54) is 0 Å². The van der Waals surface area contributed by atoms with Gasteiger partial charge in [0.15, 0.2) is 0 Å². The molecule has 4 rings (SSSR count). The quantitative estimate of drug-likeness (QED) is 0.187. The van der Waals surface area contributed by atoms with E-state index in [0.29, 0.717) is 65.3 Å². The Morgan fingerprint density at radius 3 is 2.68 bits per heavy atom. The van der Waals surface area contributed by atoms with E-state index in [-0.39, 0.29) is 5.78 Å². The van der Waals surface area contributed by atoms with E-state index >= 15 is 0 Å². The van der Waals surface area contributed by atoms with Gasteiger partial charge in [-0.2, -0.15) is 0 Å². The highest BCUT2D eigenvalue weighted by Gasteiger charge is 2.24. The van der Waals surface area contributed by atoms with Gasteiger partial charge in [-0.3, -0.25) is 14.6 Å². The summed E-state index contributed by atoms with van der Waals surface area (Å²) in [6.07, 6.45) is 6.45. The van der Waals surface area contributed by atoms with Crippen LogP contribution in [0.25, 0.3) is 10.9 Å². The van der Waals surface area contributed by atoms with Crippen molar-refractivity contribution in [3.8, 4) is 17.2 Å². The molecule has 2 aromatic carbocycles. The van der Waals surface area contributed by atoms with E-state index in [0.717, 1.165) is 49.8 Å². The Morgan fingerprint density at radius 2 is 1.97 bits per heavy atom. The Bertz CT molecular complexity index is 1240. The number of hydrogen-bond donors (Lipinski definition) is 1. The van der Waals surface area contributed by atoms with Crippen LogP contribution in [0.1, 0.15) is 45.1 Å². The minimum absolute atomic E-state index is 0.222. The van der Waals surface area contributed by atoms with Gasteiger partial charge in [-0.1, -0.05) is 31.5 Å². The van der Waals surface area contributed by atoms with Gasteiger partial charge in [-0.05, 0) is 68.1 Å². The standard InChI is InChI=1S/C29H34ClN3O4/c1-3-33(4-2)12-5-13-36-29-18-26-24(17-27(29)32-19-34)28(10-11-31-26)37-23-9-8-21(25(30)16-23)15-22(35)14-20-6-7-20/h8-11,16-20H,3-7,12-15H2,1-2H3,(H,32,34). The highest BCUT2D eigenvalue weighted by Crippen LogP contribution is 2.37. The molecular formula is C29H34ClN3O4. The third-order valence-corrected chi connectivity index (χ3v) is 6.99. The van der Waals surface area contributed by atoms with E-state index in [1.54, 1.807) is 24.4 Å². The molecule has 0 unspecified atom stereocenters. The van der Waals surface area contributed by atoms with Crippen molar-refractivity contribution in [1.29, 1.82) is 0 Å². The van der Waals surface area contributed by atoms with Crippen LogP contribution in [0, 0.1) is 5.92 Å². The van der Waals surface area contributed by atoms with Gasteiger partial charge in [0.05, 0.1) is 17.8 Å². The van der Waals surface area contributed by atoms with Crippen molar-refractivity contribution in [1.82, 2.24) is 9.88 Å². The smallest absolute Gasteiger partial charge is 0.211 e. The zero-order valence-electron chi connectivity index (χ0n) is 21.5. The number of nitrogens with zero attached hydrogens (tertiary/aromatic N) is 2. The normalized spacial score (nSPS) is 13.1. The van der Waals surface area contributed by atoms with Gasteiger partial charge in [-0.25, -0.2) is 0 Å². The summed E-state index contributed by atoms with van der Waals surface area (Å²) in [6, 6.07) is 10.8. The molecule has 196 valence electrons. The summed E-state index contributed by atoms with van der Waals surface area (Å²) >= 11 is 6.48. The van der Waals surface area contributed by atoms with Gasteiger partial charge in [0.2, 0.25) is 6.41 Å². The lowest BCUT2D eigenvalue weighted by atomic mass is 10.0. The largest absolute Gasteiger partial charge is 0.491 e. The van der Waals surface area contributed by atoms with Crippen LogP contribution in [0.5, 0.6) is 17.2 Å². The van der Waals surface area contributed by atoms with E-state index < -0.39 is 0 Å². The maximum absolute atomic E-state index is 12.3. The number of fused-ring (bicyclic) bond motifs is 1. The number of anilines is 1. The van der Waals surface area contributed by atoms with Crippen LogP contribution in [0.2, 0.25) is 5.02 Å². The van der Waals surface area contributed by atoms with Crippen LogP contribution in [-0.2, 0) is 16.0 Å². The first-order valence-corrected chi connectivity index (χ1v) is 13.3. The topological polar surface area (TPSA) is 80.8 Å². The number of amides is 1. The molecule has 1 aromatic heterocycles. The number of ketones is 1.